The molecule has 2 heteroatoms. The predicted octanol–water partition coefficient (Wildman–Crippen LogP) is 3.53. The summed E-state index contributed by atoms with van der Waals surface area (Å²) in [4.78, 5) is 0. The van der Waals surface area contributed by atoms with Crippen molar-refractivity contribution in [1.82, 2.24) is 5.32 Å². The summed E-state index contributed by atoms with van der Waals surface area (Å²) < 4.78 is 0. The summed E-state index contributed by atoms with van der Waals surface area (Å²) in [5.74, 6) is 0. The maximum Gasteiger partial charge on any atom is 0.0626 e. The minimum absolute atomic E-state index is 0.00315. The average Bonchev–Trinajstić information content (AvgIpc) is 2.28. The van der Waals surface area contributed by atoms with E-state index in [1.165, 1.54) is 16.7 Å². The lowest BCUT2D eigenvalue weighted by molar-refractivity contribution is 0.250. The third kappa shape index (κ3) is 4.05. The molecule has 0 heterocycles. The van der Waals surface area contributed by atoms with Gasteiger partial charge in [-0.3, -0.25) is 0 Å². The Morgan fingerprint density at radius 1 is 0.947 bits per heavy atom. The fraction of sp³-hybridized carbons (Fsp3) is 0.647. The van der Waals surface area contributed by atoms with Gasteiger partial charge in [-0.25, -0.2) is 0 Å². The Kier molecular flexibility index (Phi) is 4.81. The van der Waals surface area contributed by atoms with Gasteiger partial charge in [0.15, 0.2) is 0 Å². The monoisotopic (exact) mass is 263 g/mol. The molecule has 0 bridgehead atoms. The van der Waals surface area contributed by atoms with Crippen LogP contribution in [0.15, 0.2) is 18.2 Å². The Balaban J connectivity index is 3.41. The predicted molar refractivity (Wildman–Crippen MR) is 82.7 cm³/mol. The first kappa shape index (κ1) is 16.2. The molecule has 0 radical (unpaired) electrons. The zero-order valence-electron chi connectivity index (χ0n) is 13.5. The zero-order valence-corrected chi connectivity index (χ0v) is 13.5. The molecule has 0 aliphatic carbocycles. The van der Waals surface area contributed by atoms with Gasteiger partial charge in [-0.2, -0.15) is 0 Å². The van der Waals surface area contributed by atoms with E-state index in [0.29, 0.717) is 0 Å². The number of rotatable bonds is 3. The van der Waals surface area contributed by atoms with Gasteiger partial charge in [0.25, 0.3) is 0 Å². The molecule has 0 fully saturated rings. The van der Waals surface area contributed by atoms with Gasteiger partial charge in [0.1, 0.15) is 0 Å². The maximum atomic E-state index is 9.50. The molecule has 2 N–H and O–H groups in total. The highest BCUT2D eigenvalue weighted by molar-refractivity contribution is 5.38. The second-order valence-corrected chi connectivity index (χ2v) is 7.37. The smallest absolute Gasteiger partial charge is 0.0626 e. The van der Waals surface area contributed by atoms with Crippen LogP contribution in [0, 0.1) is 0 Å². The molecule has 108 valence electrons. The van der Waals surface area contributed by atoms with E-state index >= 15 is 0 Å². The lowest BCUT2D eigenvalue weighted by Gasteiger charge is -2.27. The first-order chi connectivity index (χ1) is 8.59. The molecule has 1 rings (SSSR count). The van der Waals surface area contributed by atoms with Gasteiger partial charge in [-0.1, -0.05) is 59.7 Å². The summed E-state index contributed by atoms with van der Waals surface area (Å²) in [6.07, 6.45) is 0. The highest BCUT2D eigenvalue weighted by Gasteiger charge is 2.22. The Hall–Kier alpha value is -0.860. The SMILES string of the molecule is CNC(CO)c1cc(C(C)(C)C)cc(C(C)(C)C)c1. The van der Waals surface area contributed by atoms with E-state index in [-0.39, 0.29) is 23.5 Å². The number of aliphatic hydroxyl groups is 1. The zero-order chi connectivity index (χ0) is 14.8. The summed E-state index contributed by atoms with van der Waals surface area (Å²) in [5.41, 5.74) is 4.04. The molecular weight excluding hydrogens is 234 g/mol. The van der Waals surface area contributed by atoms with Crippen molar-refractivity contribution in [1.29, 1.82) is 0 Å². The van der Waals surface area contributed by atoms with Gasteiger partial charge in [0, 0.05) is 0 Å². The van der Waals surface area contributed by atoms with Crippen LogP contribution in [0.1, 0.15) is 64.3 Å². The summed E-state index contributed by atoms with van der Waals surface area (Å²) >= 11 is 0. The van der Waals surface area contributed by atoms with Crippen molar-refractivity contribution in [3.8, 4) is 0 Å². The van der Waals surface area contributed by atoms with E-state index in [1.807, 2.05) is 7.05 Å². The summed E-state index contributed by atoms with van der Waals surface area (Å²) in [6.45, 7) is 13.5. The van der Waals surface area contributed by atoms with Crippen LogP contribution in [0.5, 0.6) is 0 Å². The molecule has 0 aliphatic rings. The van der Waals surface area contributed by atoms with Gasteiger partial charge < -0.3 is 10.4 Å². The molecule has 0 spiro atoms. The Morgan fingerprint density at radius 2 is 1.37 bits per heavy atom. The van der Waals surface area contributed by atoms with Crippen LogP contribution in [0.3, 0.4) is 0 Å². The molecule has 1 aromatic rings. The third-order valence-electron chi connectivity index (χ3n) is 3.62. The molecule has 1 aromatic carbocycles. The van der Waals surface area contributed by atoms with Crippen LogP contribution in [-0.4, -0.2) is 18.8 Å². The first-order valence-electron chi connectivity index (χ1n) is 7.03. The minimum Gasteiger partial charge on any atom is -0.394 e. The van der Waals surface area contributed by atoms with Crippen LogP contribution in [0.2, 0.25) is 0 Å². The van der Waals surface area contributed by atoms with E-state index in [2.05, 4.69) is 65.1 Å². The lowest BCUT2D eigenvalue weighted by Crippen LogP contribution is -2.23. The Bertz CT molecular complexity index is 388. The van der Waals surface area contributed by atoms with Crippen molar-refractivity contribution in [2.24, 2.45) is 0 Å². The van der Waals surface area contributed by atoms with Gasteiger partial charge in [0.05, 0.1) is 12.6 Å². The van der Waals surface area contributed by atoms with Crippen molar-refractivity contribution >= 4 is 0 Å². The molecule has 0 amide bonds. The van der Waals surface area contributed by atoms with Crippen LogP contribution in [0.25, 0.3) is 0 Å². The van der Waals surface area contributed by atoms with Gasteiger partial charge in [-0.05, 0) is 34.6 Å². The quantitative estimate of drug-likeness (QED) is 0.874. The van der Waals surface area contributed by atoms with E-state index in [0.717, 1.165) is 0 Å². The van der Waals surface area contributed by atoms with E-state index < -0.39 is 0 Å². The van der Waals surface area contributed by atoms with Crippen molar-refractivity contribution in [2.45, 2.75) is 58.4 Å². The topological polar surface area (TPSA) is 32.3 Å². The number of benzene rings is 1. The number of hydrogen-bond donors (Lipinski definition) is 2. The summed E-state index contributed by atoms with van der Waals surface area (Å²) in [7, 11) is 1.89. The standard InChI is InChI=1S/C17H29NO/c1-16(2,3)13-8-12(15(11-19)18-7)9-14(10-13)17(4,5)6/h8-10,15,18-19H,11H2,1-7H3. The highest BCUT2D eigenvalue weighted by Crippen LogP contribution is 2.31. The Morgan fingerprint density at radius 3 is 1.63 bits per heavy atom. The third-order valence-corrected chi connectivity index (χ3v) is 3.62. The van der Waals surface area contributed by atoms with Gasteiger partial charge in [-0.15, -0.1) is 0 Å². The molecule has 1 atom stereocenters. The Labute approximate surface area is 118 Å². The molecular formula is C17H29NO. The molecule has 19 heavy (non-hydrogen) atoms. The number of hydrogen-bond acceptors (Lipinski definition) is 2. The second-order valence-electron chi connectivity index (χ2n) is 7.37. The lowest BCUT2D eigenvalue weighted by atomic mass is 9.79. The van der Waals surface area contributed by atoms with Crippen molar-refractivity contribution in [2.75, 3.05) is 13.7 Å². The van der Waals surface area contributed by atoms with Crippen LogP contribution < -0.4 is 5.32 Å². The van der Waals surface area contributed by atoms with Crippen LogP contribution >= 0.6 is 0 Å². The molecule has 0 saturated carbocycles. The summed E-state index contributed by atoms with van der Waals surface area (Å²) in [6, 6.07) is 6.73. The van der Waals surface area contributed by atoms with Crippen LogP contribution in [0.4, 0.5) is 0 Å². The van der Waals surface area contributed by atoms with E-state index in [4.69, 9.17) is 0 Å². The number of nitrogens with one attached hydrogen (secondary N) is 1. The summed E-state index contributed by atoms with van der Waals surface area (Å²) in [5, 5.41) is 12.7. The van der Waals surface area contributed by atoms with E-state index in [9.17, 15) is 5.11 Å². The minimum atomic E-state index is 0.00315. The fourth-order valence-electron chi connectivity index (χ4n) is 2.08. The molecule has 0 aromatic heterocycles. The molecule has 0 aliphatic heterocycles. The highest BCUT2D eigenvalue weighted by atomic mass is 16.3. The van der Waals surface area contributed by atoms with Crippen LogP contribution in [-0.2, 0) is 10.8 Å². The number of likely N-dealkylation sites (N-methyl/N-ethyl adjacent to an activating group) is 1. The fourth-order valence-corrected chi connectivity index (χ4v) is 2.08. The second kappa shape index (κ2) is 5.64. The largest absolute Gasteiger partial charge is 0.394 e. The molecule has 0 saturated heterocycles. The number of aliphatic hydroxyl groups excluding tert-OH is 1. The van der Waals surface area contributed by atoms with Crippen molar-refractivity contribution in [3.05, 3.63) is 34.9 Å². The van der Waals surface area contributed by atoms with Crippen molar-refractivity contribution < 1.29 is 5.11 Å². The van der Waals surface area contributed by atoms with Gasteiger partial charge in [0.2, 0.25) is 0 Å². The van der Waals surface area contributed by atoms with Crippen molar-refractivity contribution in [3.63, 3.8) is 0 Å². The van der Waals surface area contributed by atoms with E-state index in [1.54, 1.807) is 0 Å². The maximum absolute atomic E-state index is 9.50. The van der Waals surface area contributed by atoms with Gasteiger partial charge >= 0.3 is 0 Å². The first-order valence-corrected chi connectivity index (χ1v) is 7.03. The molecule has 1 unspecified atom stereocenters. The average molecular weight is 263 g/mol. The molecule has 2 nitrogen and oxygen atoms in total. The normalized spacial score (nSPS) is 14.5.